The number of nitrogens with one attached hydrogen (secondary N) is 2. The monoisotopic (exact) mass is 554 g/mol. The lowest BCUT2D eigenvalue weighted by atomic mass is 9.73. The Hall–Kier alpha value is -4.03. The maximum absolute atomic E-state index is 13.3. The highest BCUT2D eigenvalue weighted by Gasteiger charge is 2.40. The second-order valence-corrected chi connectivity index (χ2v) is 11.5. The van der Waals surface area contributed by atoms with Crippen LogP contribution in [0.3, 0.4) is 0 Å². The Bertz CT molecular complexity index is 1530. The van der Waals surface area contributed by atoms with E-state index in [9.17, 15) is 14.4 Å². The van der Waals surface area contributed by atoms with Crippen LogP contribution in [-0.2, 0) is 11.2 Å². The number of likely N-dealkylation sites (tertiary alicyclic amines) is 1. The van der Waals surface area contributed by atoms with Crippen LogP contribution in [0.4, 0.5) is 10.2 Å². The van der Waals surface area contributed by atoms with Crippen molar-refractivity contribution in [2.75, 3.05) is 32.1 Å². The Morgan fingerprint density at radius 3 is 2.88 bits per heavy atom. The van der Waals surface area contributed by atoms with Crippen molar-refractivity contribution in [1.29, 1.82) is 5.26 Å². The van der Waals surface area contributed by atoms with Crippen LogP contribution in [0.1, 0.15) is 49.1 Å². The fourth-order valence-corrected chi connectivity index (χ4v) is 6.56. The average molecular weight is 555 g/mol. The van der Waals surface area contributed by atoms with Gasteiger partial charge in [-0.15, -0.1) is 0 Å². The van der Waals surface area contributed by atoms with Crippen LogP contribution in [0.25, 0.3) is 22.0 Å². The Labute approximate surface area is 239 Å². The van der Waals surface area contributed by atoms with Crippen LogP contribution in [0, 0.1) is 17.2 Å². The number of nitriles is 1. The zero-order valence-corrected chi connectivity index (χ0v) is 23.3. The van der Waals surface area contributed by atoms with Gasteiger partial charge >= 0.3 is 6.01 Å². The molecule has 2 heterocycles. The second kappa shape index (κ2) is 11.5. The van der Waals surface area contributed by atoms with Crippen LogP contribution >= 0.6 is 0 Å². The van der Waals surface area contributed by atoms with E-state index in [0.717, 1.165) is 41.8 Å². The molecule has 1 saturated carbocycles. The number of fused-ring (bicyclic) bond motifs is 4. The van der Waals surface area contributed by atoms with Gasteiger partial charge in [-0.25, -0.2) is 4.39 Å². The largest absolute Gasteiger partial charge is 0.462 e. The maximum Gasteiger partial charge on any atom is 0.318 e. The molecule has 9 heteroatoms. The normalized spacial score (nSPS) is 21.8. The number of carbonyl (C=O) groups is 1. The molecule has 3 aromatic rings. The highest BCUT2D eigenvalue weighted by Crippen LogP contribution is 2.54. The fraction of sp³-hybridized carbons (Fsp3) is 0.438. The number of hydrogen-bond acceptors (Lipinski definition) is 7. The van der Waals surface area contributed by atoms with Crippen LogP contribution in [-0.4, -0.2) is 59.6 Å². The summed E-state index contributed by atoms with van der Waals surface area (Å²) in [5.41, 5.74) is 6.08. The predicted molar refractivity (Wildman–Crippen MR) is 156 cm³/mol. The summed E-state index contributed by atoms with van der Waals surface area (Å²) >= 11 is 0. The topological polar surface area (TPSA) is 103 Å². The number of rotatable bonds is 10. The Morgan fingerprint density at radius 2 is 2.15 bits per heavy atom. The summed E-state index contributed by atoms with van der Waals surface area (Å²) in [6.45, 7) is 4.74. The second-order valence-electron chi connectivity index (χ2n) is 11.5. The first kappa shape index (κ1) is 27.2. The van der Waals surface area contributed by atoms with Crippen LogP contribution < -0.4 is 15.4 Å². The standard InChI is InChI=1S/C32H35FN6O2/c1-19(33)31(40)36-23(12-13-34)17-35-30-27-11-9-21(25-7-3-5-22-15-20-8-10-26(20)29(22)25)16-28(27)37-32(38-30)41-18-24-6-4-14-39(24)2/h3,5,7,9,11,16,20,23-24,26H,1,4,6,8,10,12,14-15,17-18H2,2H3,(H,36,40)(H,35,37,38)/t20?,23-,24-,26?/m0/s1. The first-order chi connectivity index (χ1) is 19.9. The van der Waals surface area contributed by atoms with Gasteiger partial charge in [0, 0.05) is 18.0 Å². The smallest absolute Gasteiger partial charge is 0.318 e. The molecule has 8 nitrogen and oxygen atoms in total. The van der Waals surface area contributed by atoms with Crippen LogP contribution in [0.15, 0.2) is 48.8 Å². The van der Waals surface area contributed by atoms with Crippen molar-refractivity contribution in [3.63, 3.8) is 0 Å². The highest BCUT2D eigenvalue weighted by molar-refractivity contribution is 5.93. The van der Waals surface area contributed by atoms with E-state index < -0.39 is 17.8 Å². The molecule has 4 atom stereocenters. The van der Waals surface area contributed by atoms with Gasteiger partial charge in [0.15, 0.2) is 5.83 Å². The molecule has 1 aliphatic heterocycles. The van der Waals surface area contributed by atoms with Gasteiger partial charge in [-0.05, 0) is 91.9 Å². The summed E-state index contributed by atoms with van der Waals surface area (Å²) in [6.07, 6.45) is 5.93. The van der Waals surface area contributed by atoms with Crippen molar-refractivity contribution in [3.05, 3.63) is 59.9 Å². The molecular formula is C32H35FN6O2. The minimum atomic E-state index is -1.10. The minimum absolute atomic E-state index is 0.00215. The Morgan fingerprint density at radius 1 is 1.27 bits per heavy atom. The van der Waals surface area contributed by atoms with E-state index >= 15 is 0 Å². The first-order valence-corrected chi connectivity index (χ1v) is 14.4. The molecule has 1 aromatic heterocycles. The molecule has 2 unspecified atom stereocenters. The average Bonchev–Trinajstić information content (AvgIpc) is 3.48. The number of amides is 1. The van der Waals surface area contributed by atoms with Crippen LogP contribution in [0.2, 0.25) is 0 Å². The molecule has 2 aromatic carbocycles. The van der Waals surface area contributed by atoms with E-state index in [-0.39, 0.29) is 19.0 Å². The zero-order valence-electron chi connectivity index (χ0n) is 23.3. The summed E-state index contributed by atoms with van der Waals surface area (Å²) in [7, 11) is 2.10. The summed E-state index contributed by atoms with van der Waals surface area (Å²) < 4.78 is 19.5. The number of anilines is 1. The van der Waals surface area contributed by atoms with E-state index in [2.05, 4.69) is 64.5 Å². The zero-order chi connectivity index (χ0) is 28.5. The maximum atomic E-state index is 13.3. The number of benzene rings is 2. The first-order valence-electron chi connectivity index (χ1n) is 14.4. The fourth-order valence-electron chi connectivity index (χ4n) is 6.56. The minimum Gasteiger partial charge on any atom is -0.462 e. The van der Waals surface area contributed by atoms with Gasteiger partial charge in [-0.3, -0.25) is 4.79 Å². The van der Waals surface area contributed by atoms with Crippen molar-refractivity contribution < 1.29 is 13.9 Å². The molecule has 1 amide bonds. The van der Waals surface area contributed by atoms with Crippen LogP contribution in [0.5, 0.6) is 6.01 Å². The van der Waals surface area contributed by atoms with Crippen molar-refractivity contribution in [2.45, 2.75) is 56.5 Å². The molecule has 2 fully saturated rings. The number of nitrogens with zero attached hydrogens (tertiary/aromatic N) is 4. The lowest BCUT2D eigenvalue weighted by molar-refractivity contribution is -0.119. The van der Waals surface area contributed by atoms with Gasteiger partial charge in [0.25, 0.3) is 5.91 Å². The van der Waals surface area contributed by atoms with E-state index in [1.54, 1.807) is 0 Å². The van der Waals surface area contributed by atoms with Crippen molar-refractivity contribution >= 4 is 22.6 Å². The molecule has 41 heavy (non-hydrogen) atoms. The van der Waals surface area contributed by atoms with Gasteiger partial charge in [0.05, 0.1) is 24.0 Å². The van der Waals surface area contributed by atoms with Crippen molar-refractivity contribution in [3.8, 4) is 23.2 Å². The molecule has 0 spiro atoms. The third kappa shape index (κ3) is 5.49. The molecule has 6 rings (SSSR count). The number of likely N-dealkylation sites (N-methyl/N-ethyl adjacent to an activating group) is 1. The molecule has 0 bridgehead atoms. The third-order valence-electron chi connectivity index (χ3n) is 8.97. The van der Waals surface area contributed by atoms with E-state index in [1.165, 1.54) is 36.0 Å². The highest BCUT2D eigenvalue weighted by atomic mass is 19.1. The van der Waals surface area contributed by atoms with Gasteiger partial charge < -0.3 is 20.3 Å². The number of ether oxygens (including phenoxy) is 1. The molecule has 0 radical (unpaired) electrons. The van der Waals surface area contributed by atoms with E-state index in [1.807, 2.05) is 12.1 Å². The number of carbonyl (C=O) groups excluding carboxylic acids is 1. The molecular weight excluding hydrogens is 519 g/mol. The third-order valence-corrected chi connectivity index (χ3v) is 8.97. The molecule has 1 saturated heterocycles. The SMILES string of the molecule is C=C(F)C(=O)N[C@@H](CC#N)CNc1nc(OC[C@@H]2CCCN2C)nc2cc(-c3cccc4c3C3CCC3C4)ccc12. The summed E-state index contributed by atoms with van der Waals surface area (Å²) in [4.78, 5) is 23.6. The van der Waals surface area contributed by atoms with E-state index in [0.29, 0.717) is 24.4 Å². The lowest BCUT2D eigenvalue weighted by Gasteiger charge is -2.31. The molecule has 2 N–H and O–H groups in total. The lowest BCUT2D eigenvalue weighted by Crippen LogP contribution is -2.39. The Balaban J connectivity index is 1.32. The van der Waals surface area contributed by atoms with Gasteiger partial charge in [0.1, 0.15) is 12.4 Å². The molecule has 212 valence electrons. The van der Waals surface area contributed by atoms with E-state index in [4.69, 9.17) is 9.72 Å². The van der Waals surface area contributed by atoms with Gasteiger partial charge in [0.2, 0.25) is 0 Å². The quantitative estimate of drug-likeness (QED) is 0.336. The predicted octanol–water partition coefficient (Wildman–Crippen LogP) is 5.11. The summed E-state index contributed by atoms with van der Waals surface area (Å²) in [5, 5.41) is 15.8. The van der Waals surface area contributed by atoms with Gasteiger partial charge in [-0.2, -0.15) is 15.2 Å². The Kier molecular flexibility index (Phi) is 7.59. The number of hydrogen-bond donors (Lipinski definition) is 2. The summed E-state index contributed by atoms with van der Waals surface area (Å²) in [5.74, 6) is -0.0755. The number of aromatic nitrogens is 2. The number of halogens is 1. The summed E-state index contributed by atoms with van der Waals surface area (Å²) in [6, 6.07) is 14.8. The molecule has 3 aliphatic rings. The molecule has 2 aliphatic carbocycles. The van der Waals surface area contributed by atoms with Crippen molar-refractivity contribution in [2.24, 2.45) is 5.92 Å². The van der Waals surface area contributed by atoms with Gasteiger partial charge in [-0.1, -0.05) is 30.8 Å². The van der Waals surface area contributed by atoms with Crippen molar-refractivity contribution in [1.82, 2.24) is 20.2 Å².